The maximum atomic E-state index is 11.2. The number of rotatable bonds is 4. The van der Waals surface area contributed by atoms with E-state index in [1.807, 2.05) is 31.2 Å². The highest BCUT2D eigenvalue weighted by molar-refractivity contribution is 6.32. The smallest absolute Gasteiger partial charge is 0.396 e. The molecule has 0 bridgehead atoms. The lowest BCUT2D eigenvalue weighted by Gasteiger charge is -2.06. The lowest BCUT2D eigenvalue weighted by Crippen LogP contribution is -2.33. The van der Waals surface area contributed by atoms with Gasteiger partial charge in [-0.2, -0.15) is 0 Å². The Morgan fingerprint density at radius 2 is 2.00 bits per heavy atom. The highest BCUT2D eigenvalue weighted by Crippen LogP contribution is 2.06. The van der Waals surface area contributed by atoms with E-state index in [0.29, 0.717) is 13.0 Å². The molecule has 0 aliphatic rings. The van der Waals surface area contributed by atoms with E-state index in [2.05, 4.69) is 10.1 Å². The average Bonchev–Trinajstić information content (AvgIpc) is 2.31. The van der Waals surface area contributed by atoms with Gasteiger partial charge in [0.05, 0.1) is 6.61 Å². The molecule has 0 saturated carbocycles. The zero-order chi connectivity index (χ0) is 12.7. The highest BCUT2D eigenvalue weighted by atomic mass is 16.5. The number of hydrogen-bond acceptors (Lipinski definition) is 3. The molecule has 0 heterocycles. The maximum Gasteiger partial charge on any atom is 0.396 e. The van der Waals surface area contributed by atoms with Gasteiger partial charge in [-0.1, -0.05) is 24.3 Å². The Balaban J connectivity index is 2.36. The molecule has 0 radical (unpaired) electrons. The largest absolute Gasteiger partial charge is 0.459 e. The van der Waals surface area contributed by atoms with Crippen molar-refractivity contribution in [1.82, 2.24) is 5.32 Å². The summed E-state index contributed by atoms with van der Waals surface area (Å²) >= 11 is 0. The second-order valence-electron chi connectivity index (χ2n) is 3.65. The molecule has 4 nitrogen and oxygen atoms in total. The van der Waals surface area contributed by atoms with Crippen LogP contribution >= 0.6 is 0 Å². The average molecular weight is 235 g/mol. The van der Waals surface area contributed by atoms with Gasteiger partial charge < -0.3 is 10.1 Å². The number of aryl methyl sites for hydroxylation is 1. The van der Waals surface area contributed by atoms with Crippen LogP contribution in [0.5, 0.6) is 0 Å². The molecule has 1 rings (SSSR count). The van der Waals surface area contributed by atoms with Crippen molar-refractivity contribution in [3.63, 3.8) is 0 Å². The lowest BCUT2D eigenvalue weighted by atomic mass is 10.1. The number of amides is 1. The summed E-state index contributed by atoms with van der Waals surface area (Å²) in [6, 6.07) is 7.94. The highest BCUT2D eigenvalue weighted by Gasteiger charge is 2.13. The molecule has 0 saturated heterocycles. The first-order valence-electron chi connectivity index (χ1n) is 5.64. The molecule has 0 fully saturated rings. The minimum absolute atomic E-state index is 0.212. The summed E-state index contributed by atoms with van der Waals surface area (Å²) in [6.45, 7) is 4.33. The van der Waals surface area contributed by atoms with Gasteiger partial charge in [0, 0.05) is 6.54 Å². The van der Waals surface area contributed by atoms with E-state index in [1.165, 1.54) is 5.56 Å². The summed E-state index contributed by atoms with van der Waals surface area (Å²) in [5.41, 5.74) is 2.34. The fourth-order valence-electron chi connectivity index (χ4n) is 1.47. The Morgan fingerprint density at radius 1 is 1.29 bits per heavy atom. The fraction of sp³-hybridized carbons (Fsp3) is 0.385. The molecule has 1 aromatic rings. The monoisotopic (exact) mass is 235 g/mol. The van der Waals surface area contributed by atoms with Gasteiger partial charge in [-0.05, 0) is 31.4 Å². The summed E-state index contributed by atoms with van der Waals surface area (Å²) in [5, 5.41) is 2.53. The van der Waals surface area contributed by atoms with E-state index < -0.39 is 11.9 Å². The summed E-state index contributed by atoms with van der Waals surface area (Å²) < 4.78 is 4.58. The van der Waals surface area contributed by atoms with E-state index in [0.717, 1.165) is 5.56 Å². The molecule has 0 unspecified atom stereocenters. The number of esters is 1. The van der Waals surface area contributed by atoms with Crippen molar-refractivity contribution in [2.75, 3.05) is 13.2 Å². The number of ether oxygens (including phenoxy) is 1. The molecule has 1 aromatic carbocycles. The molecule has 4 heteroatoms. The zero-order valence-corrected chi connectivity index (χ0v) is 10.2. The SMILES string of the molecule is CCOC(=O)C(=O)NCCc1ccccc1C. The quantitative estimate of drug-likeness (QED) is 0.630. The van der Waals surface area contributed by atoms with E-state index in [1.54, 1.807) is 6.92 Å². The van der Waals surface area contributed by atoms with Crippen molar-refractivity contribution in [2.24, 2.45) is 0 Å². The Morgan fingerprint density at radius 3 is 2.65 bits per heavy atom. The fourth-order valence-corrected chi connectivity index (χ4v) is 1.47. The molecular weight excluding hydrogens is 218 g/mol. The second kappa shape index (κ2) is 6.68. The Bertz CT molecular complexity index is 401. The van der Waals surface area contributed by atoms with Gasteiger partial charge in [-0.3, -0.25) is 4.79 Å². The molecule has 0 atom stereocenters. The van der Waals surface area contributed by atoms with Crippen LogP contribution < -0.4 is 5.32 Å². The van der Waals surface area contributed by atoms with E-state index in [-0.39, 0.29) is 6.61 Å². The third-order valence-corrected chi connectivity index (χ3v) is 2.40. The number of hydrogen-bond donors (Lipinski definition) is 1. The topological polar surface area (TPSA) is 55.4 Å². The van der Waals surface area contributed by atoms with Crippen LogP contribution in [0.2, 0.25) is 0 Å². The maximum absolute atomic E-state index is 11.2. The molecule has 92 valence electrons. The third kappa shape index (κ3) is 4.26. The zero-order valence-electron chi connectivity index (χ0n) is 10.2. The molecule has 0 aliphatic heterocycles. The van der Waals surface area contributed by atoms with Gasteiger partial charge in [0.15, 0.2) is 0 Å². The van der Waals surface area contributed by atoms with Crippen molar-refractivity contribution >= 4 is 11.9 Å². The van der Waals surface area contributed by atoms with Gasteiger partial charge in [-0.15, -0.1) is 0 Å². The lowest BCUT2D eigenvalue weighted by molar-refractivity contribution is -0.154. The van der Waals surface area contributed by atoms with E-state index in [4.69, 9.17) is 0 Å². The van der Waals surface area contributed by atoms with Crippen LogP contribution in [-0.2, 0) is 20.7 Å². The molecular formula is C13H17NO3. The van der Waals surface area contributed by atoms with Crippen molar-refractivity contribution in [1.29, 1.82) is 0 Å². The van der Waals surface area contributed by atoms with Crippen molar-refractivity contribution < 1.29 is 14.3 Å². The first kappa shape index (κ1) is 13.2. The summed E-state index contributed by atoms with van der Waals surface area (Å²) in [6.07, 6.45) is 0.706. The van der Waals surface area contributed by atoms with Crippen molar-refractivity contribution in [3.05, 3.63) is 35.4 Å². The summed E-state index contributed by atoms with van der Waals surface area (Å²) in [4.78, 5) is 22.2. The molecule has 1 amide bonds. The van der Waals surface area contributed by atoms with E-state index in [9.17, 15) is 9.59 Å². The summed E-state index contributed by atoms with van der Waals surface area (Å²) in [5.74, 6) is -1.50. The van der Waals surface area contributed by atoms with Gasteiger partial charge in [0.1, 0.15) is 0 Å². The number of benzene rings is 1. The minimum Gasteiger partial charge on any atom is -0.459 e. The van der Waals surface area contributed by atoms with E-state index >= 15 is 0 Å². The Labute approximate surface area is 101 Å². The van der Waals surface area contributed by atoms with Crippen LogP contribution in [0.3, 0.4) is 0 Å². The van der Waals surface area contributed by atoms with Crippen LogP contribution in [0, 0.1) is 6.92 Å². The second-order valence-corrected chi connectivity index (χ2v) is 3.65. The molecule has 0 aromatic heterocycles. The van der Waals surface area contributed by atoms with Crippen LogP contribution in [0.25, 0.3) is 0 Å². The Hall–Kier alpha value is -1.84. The predicted molar refractivity (Wildman–Crippen MR) is 64.5 cm³/mol. The van der Waals surface area contributed by atoms with Crippen molar-refractivity contribution in [3.8, 4) is 0 Å². The molecule has 17 heavy (non-hydrogen) atoms. The number of carbonyl (C=O) groups excluding carboxylic acids is 2. The van der Waals surface area contributed by atoms with Crippen LogP contribution in [0.15, 0.2) is 24.3 Å². The van der Waals surface area contributed by atoms with Crippen molar-refractivity contribution in [2.45, 2.75) is 20.3 Å². The van der Waals surface area contributed by atoms with Gasteiger partial charge in [-0.25, -0.2) is 4.79 Å². The number of carbonyl (C=O) groups is 2. The Kier molecular flexibility index (Phi) is 5.20. The standard InChI is InChI=1S/C13H17NO3/c1-3-17-13(16)12(15)14-9-8-11-7-5-4-6-10(11)2/h4-7H,3,8-9H2,1-2H3,(H,14,15). The van der Waals surface area contributed by atoms with Crippen LogP contribution in [-0.4, -0.2) is 25.0 Å². The minimum atomic E-state index is -0.822. The summed E-state index contributed by atoms with van der Waals surface area (Å²) in [7, 11) is 0. The normalized spacial score (nSPS) is 9.76. The predicted octanol–water partition coefficient (Wildman–Crippen LogP) is 1.22. The molecule has 1 N–H and O–H groups in total. The number of nitrogens with one attached hydrogen (secondary N) is 1. The van der Waals surface area contributed by atoms with Crippen LogP contribution in [0.4, 0.5) is 0 Å². The van der Waals surface area contributed by atoms with Gasteiger partial charge >= 0.3 is 11.9 Å². The first-order chi connectivity index (χ1) is 8.15. The van der Waals surface area contributed by atoms with Crippen LogP contribution in [0.1, 0.15) is 18.1 Å². The molecule has 0 aliphatic carbocycles. The van der Waals surface area contributed by atoms with Gasteiger partial charge in [0.25, 0.3) is 0 Å². The first-order valence-corrected chi connectivity index (χ1v) is 5.64. The van der Waals surface area contributed by atoms with Gasteiger partial charge in [0.2, 0.25) is 0 Å². The third-order valence-electron chi connectivity index (χ3n) is 2.40. The molecule has 0 spiro atoms.